The average Bonchev–Trinajstić information content (AvgIpc) is 2.53. The lowest BCUT2D eigenvalue weighted by Gasteiger charge is -2.37. The quantitative estimate of drug-likeness (QED) is 0.915. The van der Waals surface area contributed by atoms with Gasteiger partial charge in [0.15, 0.2) is 0 Å². The summed E-state index contributed by atoms with van der Waals surface area (Å²) in [6.07, 6.45) is 2.59. The maximum atomic E-state index is 3.44. The van der Waals surface area contributed by atoms with Crippen LogP contribution in [0.3, 0.4) is 0 Å². The molecule has 0 aliphatic carbocycles. The lowest BCUT2D eigenvalue weighted by Crippen LogP contribution is -2.45. The van der Waals surface area contributed by atoms with Gasteiger partial charge in [0.05, 0.1) is 0 Å². The Morgan fingerprint density at radius 2 is 1.95 bits per heavy atom. The molecule has 0 saturated carbocycles. The second-order valence-electron chi connectivity index (χ2n) is 5.87. The van der Waals surface area contributed by atoms with E-state index in [1.807, 2.05) is 0 Å². The number of likely N-dealkylation sites (tertiary alicyclic amines) is 1. The monoisotopic (exact) mass is 268 g/mol. The number of nitrogens with zero attached hydrogens (tertiary/aromatic N) is 1. The highest BCUT2D eigenvalue weighted by Gasteiger charge is 2.24. The molecule has 0 amide bonds. The van der Waals surface area contributed by atoms with E-state index >= 15 is 0 Å². The molecule has 2 aromatic rings. The predicted octanol–water partition coefficient (Wildman–Crippen LogP) is 3.58. The molecule has 2 aromatic carbocycles. The third-order valence-electron chi connectivity index (χ3n) is 4.68. The number of hydrogen-bond donors (Lipinski definition) is 1. The summed E-state index contributed by atoms with van der Waals surface area (Å²) in [6, 6.07) is 16.5. The molecule has 2 nitrogen and oxygen atoms in total. The van der Waals surface area contributed by atoms with Crippen molar-refractivity contribution in [3.8, 4) is 0 Å². The Morgan fingerprint density at radius 1 is 1.15 bits per heavy atom. The lowest BCUT2D eigenvalue weighted by molar-refractivity contribution is 0.150. The van der Waals surface area contributed by atoms with Crippen LogP contribution in [-0.4, -0.2) is 31.1 Å². The van der Waals surface area contributed by atoms with Crippen molar-refractivity contribution in [2.24, 2.45) is 0 Å². The fourth-order valence-electron chi connectivity index (χ4n) is 3.41. The van der Waals surface area contributed by atoms with Gasteiger partial charge in [0, 0.05) is 18.6 Å². The van der Waals surface area contributed by atoms with E-state index < -0.39 is 0 Å². The van der Waals surface area contributed by atoms with E-state index in [4.69, 9.17) is 0 Å². The molecule has 106 valence electrons. The number of benzene rings is 2. The molecule has 1 heterocycles. The summed E-state index contributed by atoms with van der Waals surface area (Å²) in [5.41, 5.74) is 1.46. The summed E-state index contributed by atoms with van der Waals surface area (Å²) in [7, 11) is 2.08. The Hall–Kier alpha value is -1.38. The molecule has 20 heavy (non-hydrogen) atoms. The molecule has 3 rings (SSSR count). The molecule has 1 fully saturated rings. The van der Waals surface area contributed by atoms with Gasteiger partial charge in [-0.1, -0.05) is 42.5 Å². The fraction of sp³-hybridized carbons (Fsp3) is 0.444. The largest absolute Gasteiger partial charge is 0.316 e. The van der Waals surface area contributed by atoms with Gasteiger partial charge in [-0.05, 0) is 49.7 Å². The van der Waals surface area contributed by atoms with Gasteiger partial charge >= 0.3 is 0 Å². The van der Waals surface area contributed by atoms with Gasteiger partial charge in [-0.25, -0.2) is 0 Å². The summed E-state index contributed by atoms with van der Waals surface area (Å²) in [6.45, 7) is 4.71. The molecular formula is C18H24N2. The summed E-state index contributed by atoms with van der Waals surface area (Å²) >= 11 is 0. The number of fused-ring (bicyclic) bond motifs is 1. The molecule has 1 aliphatic rings. The van der Waals surface area contributed by atoms with E-state index in [9.17, 15) is 0 Å². The van der Waals surface area contributed by atoms with E-state index in [2.05, 4.69) is 66.7 Å². The molecule has 1 aliphatic heterocycles. The normalized spacial score (nSPS) is 22.0. The van der Waals surface area contributed by atoms with Crippen LogP contribution in [0.15, 0.2) is 42.5 Å². The maximum Gasteiger partial charge on any atom is 0.0326 e. The van der Waals surface area contributed by atoms with E-state index in [1.165, 1.54) is 35.7 Å². The second-order valence-corrected chi connectivity index (χ2v) is 5.87. The van der Waals surface area contributed by atoms with Gasteiger partial charge in [-0.2, -0.15) is 0 Å². The summed E-state index contributed by atoms with van der Waals surface area (Å²) < 4.78 is 0. The van der Waals surface area contributed by atoms with Crippen LogP contribution in [0, 0.1) is 0 Å². The first-order valence-electron chi connectivity index (χ1n) is 7.68. The van der Waals surface area contributed by atoms with Crippen LogP contribution in [0.25, 0.3) is 10.8 Å². The maximum absolute atomic E-state index is 3.44. The Labute approximate surface area is 121 Å². The molecule has 1 N–H and O–H groups in total. The Kier molecular flexibility index (Phi) is 4.04. The van der Waals surface area contributed by atoms with Crippen LogP contribution in [0.2, 0.25) is 0 Å². The zero-order valence-corrected chi connectivity index (χ0v) is 12.5. The molecule has 0 aromatic heterocycles. The van der Waals surface area contributed by atoms with Crippen molar-refractivity contribution >= 4 is 10.8 Å². The van der Waals surface area contributed by atoms with E-state index in [0.29, 0.717) is 12.1 Å². The second kappa shape index (κ2) is 5.94. The van der Waals surface area contributed by atoms with Crippen molar-refractivity contribution in [2.45, 2.75) is 31.8 Å². The highest BCUT2D eigenvalue weighted by molar-refractivity contribution is 5.86. The number of piperidine rings is 1. The fourth-order valence-corrected chi connectivity index (χ4v) is 3.41. The average molecular weight is 268 g/mol. The van der Waals surface area contributed by atoms with Crippen LogP contribution in [0.1, 0.15) is 31.4 Å². The van der Waals surface area contributed by atoms with Crippen LogP contribution in [0.4, 0.5) is 0 Å². The van der Waals surface area contributed by atoms with Gasteiger partial charge < -0.3 is 5.32 Å². The van der Waals surface area contributed by atoms with Crippen molar-refractivity contribution in [1.82, 2.24) is 10.2 Å². The Bertz CT molecular complexity index is 573. The molecule has 0 radical (unpaired) electrons. The van der Waals surface area contributed by atoms with Crippen molar-refractivity contribution in [2.75, 3.05) is 20.1 Å². The van der Waals surface area contributed by atoms with Crippen molar-refractivity contribution < 1.29 is 0 Å². The Balaban J connectivity index is 1.90. The summed E-state index contributed by atoms with van der Waals surface area (Å²) in [5, 5.41) is 6.18. The molecule has 2 heteroatoms. The minimum atomic E-state index is 0.484. The summed E-state index contributed by atoms with van der Waals surface area (Å²) in [4.78, 5) is 2.62. The number of nitrogens with one attached hydrogen (secondary N) is 1. The number of likely N-dealkylation sites (N-methyl/N-ethyl adjacent to an activating group) is 1. The molecule has 0 bridgehead atoms. The molecule has 2 atom stereocenters. The van der Waals surface area contributed by atoms with Gasteiger partial charge in [0.25, 0.3) is 0 Å². The minimum Gasteiger partial charge on any atom is -0.316 e. The first-order chi connectivity index (χ1) is 9.79. The highest BCUT2D eigenvalue weighted by Crippen LogP contribution is 2.29. The Morgan fingerprint density at radius 3 is 2.80 bits per heavy atom. The topological polar surface area (TPSA) is 15.3 Å². The van der Waals surface area contributed by atoms with Crippen molar-refractivity contribution in [1.29, 1.82) is 0 Å². The standard InChI is InChI=1S/C18H24N2/c1-14(20-12-6-9-16(13-20)19-2)17-11-5-8-15-7-3-4-10-18(15)17/h3-5,7-8,10-11,14,16,19H,6,9,12-13H2,1-2H3. The zero-order chi connectivity index (χ0) is 13.9. The number of rotatable bonds is 3. The van der Waals surface area contributed by atoms with Crippen LogP contribution >= 0.6 is 0 Å². The first kappa shape index (κ1) is 13.6. The van der Waals surface area contributed by atoms with Crippen LogP contribution in [-0.2, 0) is 0 Å². The van der Waals surface area contributed by atoms with Gasteiger partial charge in [0.1, 0.15) is 0 Å². The van der Waals surface area contributed by atoms with E-state index in [-0.39, 0.29) is 0 Å². The third-order valence-corrected chi connectivity index (χ3v) is 4.68. The molecule has 1 saturated heterocycles. The molecule has 0 spiro atoms. The highest BCUT2D eigenvalue weighted by atomic mass is 15.2. The van der Waals surface area contributed by atoms with Gasteiger partial charge in [-0.3, -0.25) is 4.90 Å². The third kappa shape index (κ3) is 2.58. The van der Waals surface area contributed by atoms with Crippen molar-refractivity contribution in [3.05, 3.63) is 48.0 Å². The van der Waals surface area contributed by atoms with Crippen LogP contribution in [0.5, 0.6) is 0 Å². The van der Waals surface area contributed by atoms with E-state index in [0.717, 1.165) is 6.54 Å². The summed E-state index contributed by atoms with van der Waals surface area (Å²) in [5.74, 6) is 0. The van der Waals surface area contributed by atoms with Crippen LogP contribution < -0.4 is 5.32 Å². The van der Waals surface area contributed by atoms with Gasteiger partial charge in [-0.15, -0.1) is 0 Å². The predicted molar refractivity (Wildman–Crippen MR) is 86.0 cm³/mol. The van der Waals surface area contributed by atoms with Crippen molar-refractivity contribution in [3.63, 3.8) is 0 Å². The zero-order valence-electron chi connectivity index (χ0n) is 12.5. The number of hydrogen-bond acceptors (Lipinski definition) is 2. The van der Waals surface area contributed by atoms with E-state index in [1.54, 1.807) is 0 Å². The SMILES string of the molecule is CNC1CCCN(C(C)c2cccc3ccccc23)C1. The molecule has 2 unspecified atom stereocenters. The molecular weight excluding hydrogens is 244 g/mol. The minimum absolute atomic E-state index is 0.484. The first-order valence-corrected chi connectivity index (χ1v) is 7.68. The lowest BCUT2D eigenvalue weighted by atomic mass is 9.96. The smallest absolute Gasteiger partial charge is 0.0326 e. The van der Waals surface area contributed by atoms with Gasteiger partial charge in [0.2, 0.25) is 0 Å².